The molecule has 0 spiro atoms. The predicted octanol–water partition coefficient (Wildman–Crippen LogP) is 2.01. The third kappa shape index (κ3) is 1.98. The molecular weight excluding hydrogens is 160 g/mol. The highest BCUT2D eigenvalue weighted by Gasteiger charge is 2.01. The normalized spacial score (nSPS) is 12.1. The Morgan fingerprint density at radius 1 is 1.55 bits per heavy atom. The Labute approximate surface area is 70.6 Å². The van der Waals surface area contributed by atoms with Crippen LogP contribution in [0.3, 0.4) is 0 Å². The molecule has 0 aliphatic heterocycles. The molecule has 0 amide bonds. The summed E-state index contributed by atoms with van der Waals surface area (Å²) in [6.07, 6.45) is 4.16. The summed E-state index contributed by atoms with van der Waals surface area (Å²) in [5.74, 6) is 2.21. The summed E-state index contributed by atoms with van der Waals surface area (Å²) in [6, 6.07) is 6.86. The Morgan fingerprint density at radius 2 is 2.27 bits per heavy atom. The second-order valence-electron chi connectivity index (χ2n) is 2.12. The number of halogens is 1. The summed E-state index contributed by atoms with van der Waals surface area (Å²) in [6.45, 7) is 0. The number of aliphatic hydroxyl groups excluding tert-OH is 1. The summed E-state index contributed by atoms with van der Waals surface area (Å²) in [7, 11) is 0. The zero-order chi connectivity index (χ0) is 8.27. The molecule has 1 aromatic carbocycles. The van der Waals surface area contributed by atoms with E-state index in [4.69, 9.17) is 23.1 Å². The maximum absolute atomic E-state index is 9.16. The van der Waals surface area contributed by atoms with E-state index in [1.165, 1.54) is 0 Å². The molecule has 0 saturated heterocycles. The van der Waals surface area contributed by atoms with Crippen molar-refractivity contribution in [1.29, 1.82) is 0 Å². The van der Waals surface area contributed by atoms with Crippen LogP contribution in [-0.4, -0.2) is 5.11 Å². The average molecular weight is 167 g/mol. The molecule has 1 rings (SSSR count). The van der Waals surface area contributed by atoms with E-state index in [0.717, 1.165) is 0 Å². The van der Waals surface area contributed by atoms with Crippen LogP contribution in [0, 0.1) is 12.3 Å². The van der Waals surface area contributed by atoms with Crippen molar-refractivity contribution in [2.24, 2.45) is 0 Å². The lowest BCUT2D eigenvalue weighted by atomic mass is 10.1. The van der Waals surface area contributed by atoms with E-state index in [-0.39, 0.29) is 0 Å². The van der Waals surface area contributed by atoms with Crippen molar-refractivity contribution < 1.29 is 5.11 Å². The molecular formula is C9H7ClO. The minimum absolute atomic E-state index is 0.580. The molecule has 0 aliphatic carbocycles. The molecule has 1 aromatic rings. The highest BCUT2D eigenvalue weighted by atomic mass is 35.5. The Kier molecular flexibility index (Phi) is 2.53. The van der Waals surface area contributed by atoms with E-state index in [1.807, 2.05) is 0 Å². The summed E-state index contributed by atoms with van der Waals surface area (Å²) in [5.41, 5.74) is 0.653. The van der Waals surface area contributed by atoms with Gasteiger partial charge in [-0.3, -0.25) is 0 Å². The van der Waals surface area contributed by atoms with E-state index in [1.54, 1.807) is 24.3 Å². The fourth-order valence-corrected chi connectivity index (χ4v) is 0.972. The van der Waals surface area contributed by atoms with Gasteiger partial charge in [-0.1, -0.05) is 29.7 Å². The van der Waals surface area contributed by atoms with Crippen LogP contribution in [0.2, 0.25) is 5.02 Å². The lowest BCUT2D eigenvalue weighted by Gasteiger charge is -2.02. The molecule has 0 heterocycles. The number of rotatable bonds is 1. The Bertz CT molecular complexity index is 288. The van der Waals surface area contributed by atoms with Gasteiger partial charge in [-0.2, -0.15) is 0 Å². The molecule has 0 bridgehead atoms. The van der Waals surface area contributed by atoms with Crippen LogP contribution < -0.4 is 0 Å². The van der Waals surface area contributed by atoms with Crippen molar-refractivity contribution in [3.63, 3.8) is 0 Å². The highest BCUT2D eigenvalue weighted by molar-refractivity contribution is 6.30. The zero-order valence-corrected chi connectivity index (χ0v) is 6.55. The third-order valence-corrected chi connectivity index (χ3v) is 1.56. The van der Waals surface area contributed by atoms with Crippen molar-refractivity contribution in [3.8, 4) is 12.3 Å². The first-order chi connectivity index (χ1) is 5.24. The van der Waals surface area contributed by atoms with E-state index in [0.29, 0.717) is 10.6 Å². The molecule has 56 valence electrons. The lowest BCUT2D eigenvalue weighted by molar-refractivity contribution is 0.238. The summed E-state index contributed by atoms with van der Waals surface area (Å²) < 4.78 is 0. The van der Waals surface area contributed by atoms with Crippen molar-refractivity contribution in [2.45, 2.75) is 6.10 Å². The van der Waals surface area contributed by atoms with Crippen molar-refractivity contribution in [3.05, 3.63) is 34.9 Å². The Balaban J connectivity index is 2.98. The van der Waals surface area contributed by atoms with Crippen LogP contribution >= 0.6 is 11.6 Å². The summed E-state index contributed by atoms with van der Waals surface area (Å²) in [4.78, 5) is 0. The second kappa shape index (κ2) is 3.43. The van der Waals surface area contributed by atoms with E-state index in [2.05, 4.69) is 5.92 Å². The van der Waals surface area contributed by atoms with Crippen LogP contribution in [0.5, 0.6) is 0 Å². The quantitative estimate of drug-likeness (QED) is 0.633. The monoisotopic (exact) mass is 166 g/mol. The Hall–Kier alpha value is -0.970. The van der Waals surface area contributed by atoms with Gasteiger partial charge in [0.1, 0.15) is 6.10 Å². The summed E-state index contributed by atoms with van der Waals surface area (Å²) in [5, 5.41) is 9.74. The number of aliphatic hydroxyl groups is 1. The summed E-state index contributed by atoms with van der Waals surface area (Å²) >= 11 is 5.67. The van der Waals surface area contributed by atoms with Gasteiger partial charge in [0.15, 0.2) is 0 Å². The Morgan fingerprint density at radius 3 is 2.82 bits per heavy atom. The first-order valence-electron chi connectivity index (χ1n) is 3.13. The van der Waals surface area contributed by atoms with Gasteiger partial charge >= 0.3 is 0 Å². The minimum Gasteiger partial charge on any atom is -0.376 e. The van der Waals surface area contributed by atoms with Gasteiger partial charge < -0.3 is 5.11 Å². The van der Waals surface area contributed by atoms with Crippen LogP contribution in [0.1, 0.15) is 11.7 Å². The molecule has 0 radical (unpaired) electrons. The fraction of sp³-hybridized carbons (Fsp3) is 0.111. The molecule has 1 N–H and O–H groups in total. The first-order valence-corrected chi connectivity index (χ1v) is 3.51. The molecule has 0 aromatic heterocycles. The second-order valence-corrected chi connectivity index (χ2v) is 2.56. The molecule has 1 atom stereocenters. The average Bonchev–Trinajstić information content (AvgIpc) is 2.03. The van der Waals surface area contributed by atoms with E-state index < -0.39 is 6.10 Å². The topological polar surface area (TPSA) is 20.2 Å². The van der Waals surface area contributed by atoms with Gasteiger partial charge in [0.25, 0.3) is 0 Å². The molecule has 0 fully saturated rings. The smallest absolute Gasteiger partial charge is 0.140 e. The van der Waals surface area contributed by atoms with Crippen LogP contribution in [0.15, 0.2) is 24.3 Å². The zero-order valence-electron chi connectivity index (χ0n) is 5.79. The van der Waals surface area contributed by atoms with Gasteiger partial charge in [0.05, 0.1) is 0 Å². The van der Waals surface area contributed by atoms with Crippen LogP contribution in [-0.2, 0) is 0 Å². The maximum atomic E-state index is 9.16. The van der Waals surface area contributed by atoms with E-state index >= 15 is 0 Å². The number of hydrogen-bond donors (Lipinski definition) is 1. The van der Waals surface area contributed by atoms with Crippen LogP contribution in [0.25, 0.3) is 0 Å². The maximum Gasteiger partial charge on any atom is 0.140 e. The predicted molar refractivity (Wildman–Crippen MR) is 45.2 cm³/mol. The van der Waals surface area contributed by atoms with Crippen LogP contribution in [0.4, 0.5) is 0 Å². The molecule has 1 nitrogen and oxygen atoms in total. The fourth-order valence-electron chi connectivity index (χ4n) is 0.773. The number of benzene rings is 1. The molecule has 0 aliphatic rings. The van der Waals surface area contributed by atoms with Gasteiger partial charge in [-0.05, 0) is 17.7 Å². The largest absolute Gasteiger partial charge is 0.376 e. The molecule has 0 saturated carbocycles. The molecule has 11 heavy (non-hydrogen) atoms. The molecule has 2 heteroatoms. The van der Waals surface area contributed by atoms with Crippen molar-refractivity contribution >= 4 is 11.6 Å². The lowest BCUT2D eigenvalue weighted by Crippen LogP contribution is -1.91. The van der Waals surface area contributed by atoms with Gasteiger partial charge in [-0.15, -0.1) is 6.42 Å². The molecule has 1 unspecified atom stereocenters. The SMILES string of the molecule is C#CC(O)c1cccc(Cl)c1. The standard InChI is InChI=1S/C9H7ClO/c1-2-9(11)7-4-3-5-8(10)6-7/h1,3-6,9,11H. The highest BCUT2D eigenvalue weighted by Crippen LogP contribution is 2.16. The first kappa shape index (κ1) is 8.13. The third-order valence-electron chi connectivity index (χ3n) is 1.32. The minimum atomic E-state index is -0.853. The van der Waals surface area contributed by atoms with Gasteiger partial charge in [0.2, 0.25) is 0 Å². The van der Waals surface area contributed by atoms with Crippen molar-refractivity contribution in [2.75, 3.05) is 0 Å². The van der Waals surface area contributed by atoms with Crippen molar-refractivity contribution in [1.82, 2.24) is 0 Å². The number of hydrogen-bond acceptors (Lipinski definition) is 1. The van der Waals surface area contributed by atoms with Gasteiger partial charge in [-0.25, -0.2) is 0 Å². The van der Waals surface area contributed by atoms with E-state index in [9.17, 15) is 0 Å². The number of terminal acetylenes is 1. The van der Waals surface area contributed by atoms with Gasteiger partial charge in [0, 0.05) is 5.02 Å².